The van der Waals surface area contributed by atoms with Crippen LogP contribution in [0.5, 0.6) is 0 Å². The van der Waals surface area contributed by atoms with Gasteiger partial charge in [0.15, 0.2) is 0 Å². The smallest absolute Gasteiger partial charge is 0.375 e. The topological polar surface area (TPSA) is 68.0 Å². The normalized spacial score (nSPS) is 10.5. The van der Waals surface area contributed by atoms with E-state index in [1.807, 2.05) is 0 Å². The number of carbonyl (C=O) groups is 1. The molecule has 2 rings (SSSR count). The Balaban J connectivity index is 2.52. The molecule has 7 heteroatoms. The molecule has 1 aromatic heterocycles. The van der Waals surface area contributed by atoms with Crippen molar-refractivity contribution < 1.29 is 14.3 Å². The third-order valence-corrected chi connectivity index (χ3v) is 2.41. The van der Waals surface area contributed by atoms with E-state index in [1.165, 1.54) is 16.8 Å². The molecule has 0 saturated heterocycles. The summed E-state index contributed by atoms with van der Waals surface area (Å²) < 4.78 is 14.5. The zero-order valence-corrected chi connectivity index (χ0v) is 9.44. The summed E-state index contributed by atoms with van der Waals surface area (Å²) in [5, 5.41) is 12.5. The van der Waals surface area contributed by atoms with Gasteiger partial charge < -0.3 is 5.11 Å². The van der Waals surface area contributed by atoms with E-state index in [2.05, 4.69) is 10.1 Å². The van der Waals surface area contributed by atoms with E-state index < -0.39 is 11.8 Å². The number of rotatable bonds is 2. The summed E-state index contributed by atoms with van der Waals surface area (Å²) in [6.45, 7) is 1.58. The minimum atomic E-state index is -1.23. The van der Waals surface area contributed by atoms with Gasteiger partial charge >= 0.3 is 5.97 Å². The van der Waals surface area contributed by atoms with Gasteiger partial charge in [-0.2, -0.15) is 0 Å². The lowest BCUT2D eigenvalue weighted by Crippen LogP contribution is -2.02. The Labute approximate surface area is 100 Å². The van der Waals surface area contributed by atoms with Crippen molar-refractivity contribution in [2.75, 3.05) is 0 Å². The van der Waals surface area contributed by atoms with Crippen molar-refractivity contribution in [3.05, 3.63) is 40.7 Å². The SMILES string of the molecule is Cc1nc(C(=O)O)nn1-c1ccc(Cl)c(F)c1. The summed E-state index contributed by atoms with van der Waals surface area (Å²) in [7, 11) is 0. The summed E-state index contributed by atoms with van der Waals surface area (Å²) in [4.78, 5) is 14.4. The summed E-state index contributed by atoms with van der Waals surface area (Å²) in [5.74, 6) is -1.82. The van der Waals surface area contributed by atoms with Crippen molar-refractivity contribution in [3.63, 3.8) is 0 Å². The van der Waals surface area contributed by atoms with Crippen LogP contribution in [0.2, 0.25) is 5.02 Å². The van der Waals surface area contributed by atoms with E-state index >= 15 is 0 Å². The van der Waals surface area contributed by atoms with Crippen LogP contribution in [-0.2, 0) is 0 Å². The second-order valence-corrected chi connectivity index (χ2v) is 3.71. The number of carboxylic acids is 1. The monoisotopic (exact) mass is 255 g/mol. The van der Waals surface area contributed by atoms with Gasteiger partial charge in [0.05, 0.1) is 10.7 Å². The average Bonchev–Trinajstić information content (AvgIpc) is 2.65. The Morgan fingerprint density at radius 2 is 2.24 bits per heavy atom. The number of aromatic nitrogens is 3. The lowest BCUT2D eigenvalue weighted by molar-refractivity contribution is 0.0683. The molecule has 88 valence electrons. The minimum absolute atomic E-state index is 0.00928. The molecule has 17 heavy (non-hydrogen) atoms. The van der Waals surface area contributed by atoms with Crippen molar-refractivity contribution in [2.45, 2.75) is 6.92 Å². The van der Waals surface area contributed by atoms with Crippen molar-refractivity contribution >= 4 is 17.6 Å². The lowest BCUT2D eigenvalue weighted by Gasteiger charge is -2.03. The predicted molar refractivity (Wildman–Crippen MR) is 58.0 cm³/mol. The van der Waals surface area contributed by atoms with Crippen LogP contribution in [0, 0.1) is 12.7 Å². The standard InChI is InChI=1S/C10H7ClFN3O2/c1-5-13-9(10(16)17)14-15(5)6-2-3-7(11)8(12)4-6/h2-4H,1H3,(H,16,17). The van der Waals surface area contributed by atoms with E-state index in [0.29, 0.717) is 11.5 Å². The van der Waals surface area contributed by atoms with Gasteiger partial charge in [-0.1, -0.05) is 11.6 Å². The number of benzene rings is 1. The zero-order valence-electron chi connectivity index (χ0n) is 8.69. The first kappa shape index (κ1) is 11.5. The fourth-order valence-corrected chi connectivity index (χ4v) is 1.46. The van der Waals surface area contributed by atoms with E-state index in [0.717, 1.165) is 6.07 Å². The van der Waals surface area contributed by atoms with Crippen LogP contribution in [0.4, 0.5) is 4.39 Å². The lowest BCUT2D eigenvalue weighted by atomic mass is 10.3. The molecule has 0 amide bonds. The number of hydrogen-bond acceptors (Lipinski definition) is 3. The molecule has 0 spiro atoms. The van der Waals surface area contributed by atoms with Crippen molar-refractivity contribution in [3.8, 4) is 5.69 Å². The van der Waals surface area contributed by atoms with Gasteiger partial charge in [0.2, 0.25) is 0 Å². The maximum Gasteiger partial charge on any atom is 0.375 e. The third-order valence-electron chi connectivity index (χ3n) is 2.11. The maximum atomic E-state index is 13.3. The van der Waals surface area contributed by atoms with Crippen LogP contribution in [0.1, 0.15) is 16.4 Å². The highest BCUT2D eigenvalue weighted by atomic mass is 35.5. The molecule has 0 aliphatic rings. The Bertz CT molecular complexity index is 597. The van der Waals surface area contributed by atoms with Gasteiger partial charge in [-0.05, 0) is 19.1 Å². The van der Waals surface area contributed by atoms with Crippen LogP contribution in [0.15, 0.2) is 18.2 Å². The molecule has 0 atom stereocenters. The molecule has 0 radical (unpaired) electrons. The molecule has 0 unspecified atom stereocenters. The molecule has 1 N–H and O–H groups in total. The van der Waals surface area contributed by atoms with Gasteiger partial charge in [0, 0.05) is 6.07 Å². The molecule has 0 bridgehead atoms. The van der Waals surface area contributed by atoms with Crippen LogP contribution in [0.3, 0.4) is 0 Å². The maximum absolute atomic E-state index is 13.3. The molecule has 0 aliphatic carbocycles. The number of carboxylic acid groups (broad SMARTS) is 1. The average molecular weight is 256 g/mol. The first-order valence-electron chi connectivity index (χ1n) is 4.61. The van der Waals surface area contributed by atoms with Crippen molar-refractivity contribution in [1.82, 2.24) is 14.8 Å². The van der Waals surface area contributed by atoms with Crippen LogP contribution < -0.4 is 0 Å². The van der Waals surface area contributed by atoms with Gasteiger partial charge in [0.1, 0.15) is 11.6 Å². The molecule has 0 fully saturated rings. The molecule has 1 aromatic carbocycles. The minimum Gasteiger partial charge on any atom is -0.475 e. The fraction of sp³-hybridized carbons (Fsp3) is 0.100. The highest BCUT2D eigenvalue weighted by Gasteiger charge is 2.14. The molecule has 0 saturated carbocycles. The largest absolute Gasteiger partial charge is 0.475 e. The van der Waals surface area contributed by atoms with E-state index in [4.69, 9.17) is 16.7 Å². The first-order chi connectivity index (χ1) is 7.99. The highest BCUT2D eigenvalue weighted by molar-refractivity contribution is 6.30. The van der Waals surface area contributed by atoms with Crippen LogP contribution in [-0.4, -0.2) is 25.8 Å². The number of aromatic carboxylic acids is 1. The molecule has 0 aliphatic heterocycles. The second kappa shape index (κ2) is 4.14. The summed E-state index contributed by atoms with van der Waals surface area (Å²) >= 11 is 5.55. The Morgan fingerprint density at radius 1 is 1.53 bits per heavy atom. The van der Waals surface area contributed by atoms with Crippen LogP contribution in [0.25, 0.3) is 5.69 Å². The van der Waals surface area contributed by atoms with E-state index in [9.17, 15) is 9.18 Å². The fourth-order valence-electron chi connectivity index (χ4n) is 1.34. The first-order valence-corrected chi connectivity index (χ1v) is 4.99. The summed E-state index contributed by atoms with van der Waals surface area (Å²) in [6, 6.07) is 4.06. The number of nitrogens with zero attached hydrogens (tertiary/aromatic N) is 3. The third kappa shape index (κ3) is 2.12. The molecule has 2 aromatic rings. The number of aryl methyl sites for hydroxylation is 1. The predicted octanol–water partition coefficient (Wildman–Crippen LogP) is 2.07. The second-order valence-electron chi connectivity index (χ2n) is 3.30. The van der Waals surface area contributed by atoms with Crippen molar-refractivity contribution in [2.24, 2.45) is 0 Å². The summed E-state index contributed by atoms with van der Waals surface area (Å²) in [5.41, 5.74) is 0.365. The molecular formula is C10H7ClFN3O2. The van der Waals surface area contributed by atoms with E-state index in [1.54, 1.807) is 6.92 Å². The van der Waals surface area contributed by atoms with Gasteiger partial charge in [-0.3, -0.25) is 0 Å². The molecular weight excluding hydrogens is 249 g/mol. The van der Waals surface area contributed by atoms with E-state index in [-0.39, 0.29) is 10.8 Å². The van der Waals surface area contributed by atoms with Crippen LogP contribution >= 0.6 is 11.6 Å². The van der Waals surface area contributed by atoms with Crippen molar-refractivity contribution in [1.29, 1.82) is 0 Å². The zero-order chi connectivity index (χ0) is 12.6. The quantitative estimate of drug-likeness (QED) is 0.892. The Kier molecular flexibility index (Phi) is 2.81. The van der Waals surface area contributed by atoms with Gasteiger partial charge in [-0.15, -0.1) is 5.10 Å². The van der Waals surface area contributed by atoms with Gasteiger partial charge in [0.25, 0.3) is 5.82 Å². The highest BCUT2D eigenvalue weighted by Crippen LogP contribution is 2.18. The van der Waals surface area contributed by atoms with Gasteiger partial charge in [-0.25, -0.2) is 18.9 Å². The number of hydrogen-bond donors (Lipinski definition) is 1. The Morgan fingerprint density at radius 3 is 2.76 bits per heavy atom. The molecule has 1 heterocycles. The molecule has 5 nitrogen and oxygen atoms in total. The number of halogens is 2. The Hall–Kier alpha value is -1.95. The summed E-state index contributed by atoms with van der Waals surface area (Å²) in [6.07, 6.45) is 0.